The molecule has 6 rings (SSSR count). The van der Waals surface area contributed by atoms with Gasteiger partial charge >= 0.3 is 0 Å². The zero-order chi connectivity index (χ0) is 22.7. The molecule has 1 spiro atoms. The van der Waals surface area contributed by atoms with Crippen LogP contribution in [0.3, 0.4) is 0 Å². The lowest BCUT2D eigenvalue weighted by atomic mass is 9.71. The number of hydrogen-bond acceptors (Lipinski definition) is 5. The lowest BCUT2D eigenvalue weighted by Crippen LogP contribution is -2.60. The summed E-state index contributed by atoms with van der Waals surface area (Å²) in [5.74, 6) is 0.312. The lowest BCUT2D eigenvalue weighted by Gasteiger charge is -2.48. The summed E-state index contributed by atoms with van der Waals surface area (Å²) in [6, 6.07) is 8.85. The monoisotopic (exact) mass is 451 g/mol. The zero-order valence-corrected chi connectivity index (χ0v) is 17.5. The zero-order valence-electron chi connectivity index (χ0n) is 17.5. The number of halogens is 3. The van der Waals surface area contributed by atoms with Gasteiger partial charge in [0.1, 0.15) is 11.6 Å². The van der Waals surface area contributed by atoms with Gasteiger partial charge in [-0.15, -0.1) is 0 Å². The summed E-state index contributed by atoms with van der Waals surface area (Å²) in [7, 11) is 0. The number of amides is 1. The Morgan fingerprint density at radius 1 is 1.09 bits per heavy atom. The predicted molar refractivity (Wildman–Crippen MR) is 114 cm³/mol. The number of nitrogens with zero attached hydrogens (tertiary/aromatic N) is 4. The van der Waals surface area contributed by atoms with Crippen molar-refractivity contribution in [1.82, 2.24) is 19.9 Å². The van der Waals surface area contributed by atoms with Crippen LogP contribution in [0.25, 0.3) is 11.4 Å². The van der Waals surface area contributed by atoms with E-state index in [1.807, 2.05) is 4.90 Å². The molecule has 4 unspecified atom stereocenters. The molecule has 2 aliphatic carbocycles. The second kappa shape index (κ2) is 7.26. The fraction of sp³-hybridized carbons (Fsp3) is 0.333. The van der Waals surface area contributed by atoms with Gasteiger partial charge in [0.2, 0.25) is 0 Å². The first-order valence-electron chi connectivity index (χ1n) is 10.9. The van der Waals surface area contributed by atoms with Crippen LogP contribution in [0, 0.1) is 17.2 Å². The largest absolute Gasteiger partial charge is 0.365 e. The molecule has 1 saturated heterocycles. The van der Waals surface area contributed by atoms with Gasteiger partial charge in [0.25, 0.3) is 12.3 Å². The van der Waals surface area contributed by atoms with E-state index in [-0.39, 0.29) is 45.9 Å². The molecular formula is C24H20F3N5O. The SMILES string of the molecule is O=C(c1cccc(F)c1-c1ncccn1)N1CC2CC23CC(Nc2ccc(C(F)F)cn2)C13. The molecule has 3 heterocycles. The number of hydrogen-bond donors (Lipinski definition) is 1. The smallest absolute Gasteiger partial charge is 0.265 e. The number of likely N-dealkylation sites (tertiary alicyclic amines) is 1. The summed E-state index contributed by atoms with van der Waals surface area (Å²) in [5, 5.41) is 3.31. The third-order valence-electron chi connectivity index (χ3n) is 7.27. The number of carbonyl (C=O) groups is 1. The first-order valence-corrected chi connectivity index (χ1v) is 10.9. The standard InChI is InChI=1S/C24H20F3N5O/c25-16-4-1-3-15(19(16)22-28-7-2-8-29-22)23(33)32-12-14-9-24(14)10-17(20(24)32)31-18-6-5-13(11-30-18)21(26)27/h1-8,11,14,17,20-21H,9-10,12H2,(H,30,31). The Morgan fingerprint density at radius 2 is 1.91 bits per heavy atom. The molecule has 1 aliphatic heterocycles. The third-order valence-corrected chi connectivity index (χ3v) is 7.27. The van der Waals surface area contributed by atoms with Crippen molar-refractivity contribution in [2.45, 2.75) is 31.4 Å². The predicted octanol–water partition coefficient (Wildman–Crippen LogP) is 4.33. The number of carbonyl (C=O) groups excluding carboxylic acids is 1. The number of aromatic nitrogens is 3. The maximum Gasteiger partial charge on any atom is 0.265 e. The highest BCUT2D eigenvalue weighted by molar-refractivity contribution is 6.01. The van der Waals surface area contributed by atoms with Gasteiger partial charge in [-0.3, -0.25) is 4.79 Å². The van der Waals surface area contributed by atoms with Crippen molar-refractivity contribution in [3.8, 4) is 11.4 Å². The number of rotatable bonds is 5. The van der Waals surface area contributed by atoms with Crippen LogP contribution in [0.15, 0.2) is 55.0 Å². The van der Waals surface area contributed by atoms with Crippen LogP contribution >= 0.6 is 0 Å². The van der Waals surface area contributed by atoms with Gasteiger partial charge in [-0.1, -0.05) is 6.07 Å². The maximum absolute atomic E-state index is 14.8. The van der Waals surface area contributed by atoms with Crippen LogP contribution in [0.5, 0.6) is 0 Å². The fourth-order valence-electron chi connectivity index (χ4n) is 5.68. The van der Waals surface area contributed by atoms with Crippen molar-refractivity contribution in [3.63, 3.8) is 0 Å². The Balaban J connectivity index is 1.28. The molecule has 33 heavy (non-hydrogen) atoms. The number of anilines is 1. The average molecular weight is 451 g/mol. The van der Waals surface area contributed by atoms with Crippen molar-refractivity contribution in [2.24, 2.45) is 11.3 Å². The summed E-state index contributed by atoms with van der Waals surface area (Å²) in [6.07, 6.45) is 3.58. The Hall–Kier alpha value is -3.49. The minimum atomic E-state index is -2.57. The van der Waals surface area contributed by atoms with Gasteiger partial charge in [-0.05, 0) is 54.5 Å². The van der Waals surface area contributed by atoms with Crippen molar-refractivity contribution < 1.29 is 18.0 Å². The summed E-state index contributed by atoms with van der Waals surface area (Å²) in [4.78, 5) is 27.9. The summed E-state index contributed by atoms with van der Waals surface area (Å²) in [5.41, 5.74) is 0.299. The molecule has 1 aromatic carbocycles. The molecule has 9 heteroatoms. The van der Waals surface area contributed by atoms with Crippen LogP contribution in [-0.4, -0.2) is 44.4 Å². The molecule has 0 bridgehead atoms. The molecule has 1 amide bonds. The van der Waals surface area contributed by atoms with Crippen LogP contribution in [-0.2, 0) is 0 Å². The Kier molecular flexibility index (Phi) is 4.43. The molecule has 0 radical (unpaired) electrons. The molecule has 3 aliphatic rings. The van der Waals surface area contributed by atoms with Crippen LogP contribution in [0.2, 0.25) is 0 Å². The maximum atomic E-state index is 14.8. The van der Waals surface area contributed by atoms with Gasteiger partial charge in [0, 0.05) is 36.7 Å². The second-order valence-corrected chi connectivity index (χ2v) is 9.00. The molecular weight excluding hydrogens is 431 g/mol. The van der Waals surface area contributed by atoms with E-state index in [4.69, 9.17) is 0 Å². The van der Waals surface area contributed by atoms with Crippen LogP contribution in [0.1, 0.15) is 35.2 Å². The summed E-state index contributed by atoms with van der Waals surface area (Å²) < 4.78 is 40.4. The Morgan fingerprint density at radius 3 is 2.64 bits per heavy atom. The molecule has 4 atom stereocenters. The van der Waals surface area contributed by atoms with Crippen LogP contribution in [0.4, 0.5) is 19.0 Å². The van der Waals surface area contributed by atoms with Gasteiger partial charge in [-0.2, -0.15) is 0 Å². The van der Waals surface area contributed by atoms with Crippen molar-refractivity contribution in [2.75, 3.05) is 11.9 Å². The van der Waals surface area contributed by atoms with Gasteiger partial charge in [-0.25, -0.2) is 28.1 Å². The minimum Gasteiger partial charge on any atom is -0.365 e. The highest BCUT2D eigenvalue weighted by atomic mass is 19.3. The molecule has 3 aromatic rings. The number of benzene rings is 1. The minimum absolute atomic E-state index is 0.0451. The summed E-state index contributed by atoms with van der Waals surface area (Å²) in [6.45, 7) is 0.616. The van der Waals surface area contributed by atoms with E-state index in [9.17, 15) is 18.0 Å². The highest BCUT2D eigenvalue weighted by Crippen LogP contribution is 2.71. The number of piperidine rings is 1. The van der Waals surface area contributed by atoms with Crippen molar-refractivity contribution >= 4 is 11.7 Å². The first kappa shape index (κ1) is 20.1. The van der Waals surface area contributed by atoms with E-state index >= 15 is 0 Å². The molecule has 168 valence electrons. The van der Waals surface area contributed by atoms with E-state index < -0.39 is 12.2 Å². The van der Waals surface area contributed by atoms with Gasteiger partial charge in [0.05, 0.1) is 17.2 Å². The van der Waals surface area contributed by atoms with Crippen LogP contribution < -0.4 is 5.32 Å². The molecule has 6 nitrogen and oxygen atoms in total. The number of nitrogens with one attached hydrogen (secondary N) is 1. The molecule has 2 aromatic heterocycles. The molecule has 1 N–H and O–H groups in total. The summed E-state index contributed by atoms with van der Waals surface area (Å²) >= 11 is 0. The normalized spacial score (nSPS) is 27.0. The Labute approximate surface area is 187 Å². The van der Waals surface area contributed by atoms with E-state index in [1.165, 1.54) is 36.7 Å². The lowest BCUT2D eigenvalue weighted by molar-refractivity contribution is 0.0472. The molecule has 3 fully saturated rings. The van der Waals surface area contributed by atoms with Gasteiger partial charge < -0.3 is 10.2 Å². The van der Waals surface area contributed by atoms with Crippen molar-refractivity contribution in [3.05, 3.63) is 71.9 Å². The quantitative estimate of drug-likeness (QED) is 0.625. The average Bonchev–Trinajstić information content (AvgIpc) is 3.47. The van der Waals surface area contributed by atoms with E-state index in [0.29, 0.717) is 18.3 Å². The first-order chi connectivity index (χ1) is 16.0. The second-order valence-electron chi connectivity index (χ2n) is 9.00. The van der Waals surface area contributed by atoms with E-state index in [0.717, 1.165) is 19.0 Å². The third kappa shape index (κ3) is 3.09. The Bertz CT molecular complexity index is 1220. The van der Waals surface area contributed by atoms with Gasteiger partial charge in [0.15, 0.2) is 5.82 Å². The number of alkyl halides is 2. The highest BCUT2D eigenvalue weighted by Gasteiger charge is 2.75. The van der Waals surface area contributed by atoms with Crippen molar-refractivity contribution in [1.29, 1.82) is 0 Å². The van der Waals surface area contributed by atoms with E-state index in [1.54, 1.807) is 12.1 Å². The van der Waals surface area contributed by atoms with E-state index in [2.05, 4.69) is 20.3 Å². The number of pyridine rings is 1. The molecule has 2 saturated carbocycles. The fourth-order valence-corrected chi connectivity index (χ4v) is 5.68. The topological polar surface area (TPSA) is 71.0 Å².